The number of para-hydroxylation sites is 2. The number of aliphatic imine (C=N–C) groups is 4. The molecule has 0 amide bonds. The predicted molar refractivity (Wildman–Crippen MR) is 192 cm³/mol. The van der Waals surface area contributed by atoms with E-state index >= 15 is 0 Å². The summed E-state index contributed by atoms with van der Waals surface area (Å²) in [6.07, 6.45) is 4.36. The zero-order chi connectivity index (χ0) is 37.7. The van der Waals surface area contributed by atoms with E-state index in [9.17, 15) is 40.7 Å². The van der Waals surface area contributed by atoms with Crippen molar-refractivity contribution < 1.29 is 69.2 Å². The van der Waals surface area contributed by atoms with Gasteiger partial charge in [-0.2, -0.15) is 0 Å². The fourth-order valence-corrected chi connectivity index (χ4v) is 5.47. The molecule has 14 nitrogen and oxygen atoms in total. The first-order valence-electron chi connectivity index (χ1n) is 14.3. The molecule has 5 rings (SSSR count). The normalized spacial score (nSPS) is 11.3. The van der Waals surface area contributed by atoms with Crippen molar-refractivity contribution in [2.75, 3.05) is 0 Å². The minimum absolute atomic E-state index is 0. The van der Waals surface area contributed by atoms with Crippen LogP contribution in [0.4, 0.5) is 34.1 Å². The van der Waals surface area contributed by atoms with Gasteiger partial charge in [0.1, 0.15) is 0 Å². The van der Waals surface area contributed by atoms with Crippen LogP contribution in [-0.4, -0.2) is 34.7 Å². The molecule has 0 atom stereocenters. The summed E-state index contributed by atoms with van der Waals surface area (Å²) >= 11 is 24.2. The van der Waals surface area contributed by atoms with Gasteiger partial charge in [0.2, 0.25) is 0 Å². The maximum absolute atomic E-state index is 12.7. The van der Waals surface area contributed by atoms with Gasteiger partial charge in [-0.15, -0.1) is 0 Å². The van der Waals surface area contributed by atoms with Crippen molar-refractivity contribution in [3.05, 3.63) is 135 Å². The van der Waals surface area contributed by atoms with Gasteiger partial charge in [0.15, 0.2) is 0 Å². The van der Waals surface area contributed by atoms with Crippen molar-refractivity contribution in [3.63, 3.8) is 0 Å². The second-order valence-electron chi connectivity index (χ2n) is 10.4. The Balaban J connectivity index is 0.00000392. The molecule has 0 unspecified atom stereocenters. The van der Waals surface area contributed by atoms with Crippen molar-refractivity contribution in [2.45, 2.75) is 0 Å². The molecular weight excluding hydrogens is 893 g/mol. The second kappa shape index (κ2) is 19.0. The monoisotopic (exact) mass is 904 g/mol. The largest absolute Gasteiger partial charge is 2.00 e. The first-order valence-corrected chi connectivity index (χ1v) is 15.8. The topological polar surface area (TPSA) is 228 Å². The molecule has 0 saturated carbocycles. The molecule has 5 aromatic carbocycles. The van der Waals surface area contributed by atoms with Gasteiger partial charge in [0.05, 0.1) is 32.6 Å². The van der Waals surface area contributed by atoms with Gasteiger partial charge in [-0.1, -0.05) is 82.2 Å². The molecule has 0 fully saturated rings. The zero-order valence-corrected chi connectivity index (χ0v) is 36.1. The van der Waals surface area contributed by atoms with Crippen LogP contribution in [0.25, 0.3) is 0 Å². The fraction of sp³-hybridized carbons (Fsp3) is 0. The summed E-state index contributed by atoms with van der Waals surface area (Å²) in [5, 5.41) is 73.4. The summed E-state index contributed by atoms with van der Waals surface area (Å²) in [5.41, 5.74) is -1.83. The van der Waals surface area contributed by atoms with Gasteiger partial charge >= 0.3 is 39.0 Å². The third kappa shape index (κ3) is 10.2. The second-order valence-corrected chi connectivity index (χ2v) is 12.1. The Bertz CT molecular complexity index is 2240. The van der Waals surface area contributed by atoms with Gasteiger partial charge in [-0.3, -0.25) is 40.2 Å². The van der Waals surface area contributed by atoms with E-state index in [1.165, 1.54) is 60.7 Å². The van der Waals surface area contributed by atoms with E-state index < -0.39 is 44.2 Å². The predicted octanol–water partition coefficient (Wildman–Crippen LogP) is 7.41. The Labute approximate surface area is 350 Å². The Morgan fingerprint density at radius 2 is 0.778 bits per heavy atom. The SMILES string of the molecule is O=[N+]([O-])c1cccc(C=Nc2cc(N=Cc3cccc([N+](=O)[O-])c3[O-])c(N=Cc3cc(Cl)cc(Cl)c3[O-])cc2N=Cc2cc(Cl)cc(Cl)c2[O-])c1[O-].[Zn+2].[Zn+2]. The third-order valence-electron chi connectivity index (χ3n) is 6.96. The average Bonchev–Trinajstić information content (AvgIpc) is 3.09. The van der Waals surface area contributed by atoms with Gasteiger partial charge in [0, 0.05) is 57.1 Å². The number of hydrogen-bond donors (Lipinski definition) is 0. The molecule has 0 aliphatic heterocycles. The van der Waals surface area contributed by atoms with E-state index in [1.807, 2.05) is 0 Å². The minimum atomic E-state index is -0.924. The van der Waals surface area contributed by atoms with Crippen molar-refractivity contribution in [1.82, 2.24) is 0 Å². The summed E-state index contributed by atoms with van der Waals surface area (Å²) in [6.45, 7) is 0. The van der Waals surface area contributed by atoms with Crippen LogP contribution < -0.4 is 20.4 Å². The summed E-state index contributed by atoms with van der Waals surface area (Å²) < 4.78 is 0. The van der Waals surface area contributed by atoms with Crippen LogP contribution in [0.5, 0.6) is 23.0 Å². The number of benzene rings is 5. The first kappa shape index (κ1) is 43.6. The van der Waals surface area contributed by atoms with Crippen LogP contribution in [0.3, 0.4) is 0 Å². The van der Waals surface area contributed by atoms with E-state index in [1.54, 1.807) is 0 Å². The molecule has 0 saturated heterocycles. The van der Waals surface area contributed by atoms with Gasteiger partial charge < -0.3 is 20.4 Å². The van der Waals surface area contributed by atoms with Crippen molar-refractivity contribution >= 4 is 105 Å². The molecule has 0 spiro atoms. The van der Waals surface area contributed by atoms with Crippen molar-refractivity contribution in [3.8, 4) is 23.0 Å². The minimum Gasteiger partial charge on any atom is -0.871 e. The average molecular weight is 909 g/mol. The summed E-state index contributed by atoms with van der Waals surface area (Å²) in [5.74, 6) is -3.05. The molecule has 5 aromatic rings. The Hall–Kier alpha value is -4.81. The Kier molecular flexibility index (Phi) is 15.3. The van der Waals surface area contributed by atoms with E-state index in [0.717, 1.165) is 37.0 Å². The number of rotatable bonds is 10. The van der Waals surface area contributed by atoms with E-state index in [0.29, 0.717) is 0 Å². The number of nitrogens with zero attached hydrogens (tertiary/aromatic N) is 6. The number of hydrogen-bond acceptors (Lipinski definition) is 12. The maximum atomic E-state index is 12.7. The van der Waals surface area contributed by atoms with Gasteiger partial charge in [-0.05, 0) is 70.2 Å². The number of nitro groups is 2. The Morgan fingerprint density at radius 3 is 1.09 bits per heavy atom. The van der Waals surface area contributed by atoms with Crippen LogP contribution in [-0.2, 0) is 39.0 Å². The molecule has 0 aliphatic carbocycles. The molecule has 54 heavy (non-hydrogen) atoms. The van der Waals surface area contributed by atoms with Gasteiger partial charge in [-0.25, -0.2) is 0 Å². The summed E-state index contributed by atoms with van der Waals surface area (Å²) in [6, 6.07) is 15.0. The summed E-state index contributed by atoms with van der Waals surface area (Å²) in [7, 11) is 0. The van der Waals surface area contributed by atoms with E-state index in [-0.39, 0.29) is 104 Å². The Morgan fingerprint density at radius 1 is 0.463 bits per heavy atom. The van der Waals surface area contributed by atoms with Crippen LogP contribution in [0.15, 0.2) is 92.8 Å². The summed E-state index contributed by atoms with van der Waals surface area (Å²) in [4.78, 5) is 38.4. The van der Waals surface area contributed by atoms with Crippen molar-refractivity contribution in [2.24, 2.45) is 20.0 Å². The van der Waals surface area contributed by atoms with Gasteiger partial charge in [0.25, 0.3) is 11.4 Å². The smallest absolute Gasteiger partial charge is 0.871 e. The van der Waals surface area contributed by atoms with Crippen LogP contribution in [0, 0.1) is 20.2 Å². The molecule has 0 heterocycles. The molecule has 0 aliphatic rings. The standard InChI is InChI=1S/C34H20Cl4N6O8.2Zn/c35-21-7-19(31(45)23(37)9-21)15-41-27-12-28(42-16-20-8-22(36)10-24(38)32(20)46)26(40-14-18-4-2-6-30(34(18)48)44(51)52)11-25(27)39-13-17-3-1-5-29(33(17)47)43(49)50;;/h1-16,45-48H;;/q;2*+2/p-4. The number of halogens is 4. The van der Waals surface area contributed by atoms with E-state index in [2.05, 4.69) is 20.0 Å². The van der Waals surface area contributed by atoms with Crippen LogP contribution in [0.1, 0.15) is 22.3 Å². The zero-order valence-electron chi connectivity index (χ0n) is 27.1. The quantitative estimate of drug-likeness (QED) is 0.0592. The number of nitro benzene ring substituents is 2. The van der Waals surface area contributed by atoms with E-state index in [4.69, 9.17) is 46.4 Å². The van der Waals surface area contributed by atoms with Crippen molar-refractivity contribution in [1.29, 1.82) is 0 Å². The molecule has 20 heteroatoms. The maximum Gasteiger partial charge on any atom is 2.00 e. The molecule has 262 valence electrons. The fourth-order valence-electron chi connectivity index (χ4n) is 4.45. The van der Waals surface area contributed by atoms with Crippen LogP contribution in [0.2, 0.25) is 20.1 Å². The molecule has 0 N–H and O–H groups in total. The third-order valence-corrected chi connectivity index (χ3v) is 7.96. The van der Waals surface area contributed by atoms with Crippen LogP contribution >= 0.6 is 46.4 Å². The molecular formula is C34H16Cl4N6O8Zn2. The molecule has 0 aromatic heterocycles. The first-order chi connectivity index (χ1) is 24.7. The molecule has 0 radical (unpaired) electrons. The molecule has 0 bridgehead atoms.